The van der Waals surface area contributed by atoms with Crippen LogP contribution in [0.25, 0.3) is 16.4 Å². The van der Waals surface area contributed by atoms with Crippen molar-refractivity contribution in [3.8, 4) is 0 Å². The molecule has 0 aliphatic heterocycles. The van der Waals surface area contributed by atoms with E-state index in [4.69, 9.17) is 0 Å². The van der Waals surface area contributed by atoms with Gasteiger partial charge in [-0.3, -0.25) is 9.78 Å². The largest absolute Gasteiger partial charge is 0.347 e. The number of hydrogen-bond donors (Lipinski definition) is 1. The maximum atomic E-state index is 14.5. The number of pyridine rings is 2. The molecule has 0 unspecified atom stereocenters. The van der Waals surface area contributed by atoms with Crippen molar-refractivity contribution in [2.75, 3.05) is 0 Å². The van der Waals surface area contributed by atoms with Gasteiger partial charge in [0.1, 0.15) is 11.5 Å². The highest BCUT2D eigenvalue weighted by atomic mass is 32.2. The molecule has 0 radical (unpaired) electrons. The molecule has 4 heterocycles. The zero-order valence-electron chi connectivity index (χ0n) is 18.2. The van der Waals surface area contributed by atoms with Crippen LogP contribution in [0.2, 0.25) is 0 Å². The van der Waals surface area contributed by atoms with Gasteiger partial charge in [0.05, 0.1) is 27.0 Å². The third-order valence-corrected chi connectivity index (χ3v) is 7.73. The fourth-order valence-corrected chi connectivity index (χ4v) is 5.45. The van der Waals surface area contributed by atoms with E-state index in [-0.39, 0.29) is 22.0 Å². The first-order valence-electron chi connectivity index (χ1n) is 10.3. The van der Waals surface area contributed by atoms with E-state index in [1.165, 1.54) is 45.7 Å². The number of hydrogen-bond acceptors (Lipinski definition) is 6. The minimum absolute atomic E-state index is 0.0116. The Hall–Kier alpha value is -4.12. The molecular weight excluding hydrogens is 459 g/mol. The Morgan fingerprint density at radius 1 is 1.18 bits per heavy atom. The number of carbonyl (C=O) groups is 1. The lowest BCUT2D eigenvalue weighted by Crippen LogP contribution is -2.25. The topological polar surface area (TPSA) is 111 Å². The van der Waals surface area contributed by atoms with Gasteiger partial charge in [-0.05, 0) is 43.3 Å². The molecule has 0 bridgehead atoms. The van der Waals surface area contributed by atoms with Gasteiger partial charge < -0.3 is 9.88 Å². The number of aromatic nitrogens is 5. The van der Waals surface area contributed by atoms with E-state index in [2.05, 4.69) is 20.6 Å². The van der Waals surface area contributed by atoms with E-state index in [0.29, 0.717) is 27.7 Å². The van der Waals surface area contributed by atoms with E-state index >= 15 is 0 Å². The quantitative estimate of drug-likeness (QED) is 0.416. The third kappa shape index (κ3) is 3.50. The molecule has 0 saturated heterocycles. The Balaban J connectivity index is 1.46. The lowest BCUT2D eigenvalue weighted by atomic mass is 10.1. The second-order valence-corrected chi connectivity index (χ2v) is 9.70. The number of nitrogens with zero attached hydrogens (tertiary/aromatic N) is 5. The number of halogens is 1. The summed E-state index contributed by atoms with van der Waals surface area (Å²) in [4.78, 5) is 17.3. The molecule has 11 heteroatoms. The first-order chi connectivity index (χ1) is 16.3. The fraction of sp³-hybridized carbons (Fsp3) is 0.130. The van der Waals surface area contributed by atoms with Crippen molar-refractivity contribution in [1.82, 2.24) is 29.7 Å². The van der Waals surface area contributed by atoms with Gasteiger partial charge in [-0.15, -0.1) is 5.10 Å². The molecule has 5 aromatic rings. The van der Waals surface area contributed by atoms with E-state index in [9.17, 15) is 17.6 Å². The monoisotopic (exact) mass is 478 g/mol. The summed E-state index contributed by atoms with van der Waals surface area (Å²) < 4.78 is 44.1. The third-order valence-electron chi connectivity index (χ3n) is 5.86. The second-order valence-electron chi connectivity index (χ2n) is 7.79. The number of nitrogens with one attached hydrogen (secondary N) is 1. The Kier molecular flexibility index (Phi) is 5.13. The van der Waals surface area contributed by atoms with Crippen LogP contribution in [0.5, 0.6) is 0 Å². The zero-order chi connectivity index (χ0) is 24.0. The number of fused-ring (bicyclic) bond motifs is 2. The van der Waals surface area contributed by atoms with Crippen molar-refractivity contribution in [2.45, 2.75) is 23.3 Å². The Labute approximate surface area is 193 Å². The highest BCUT2D eigenvalue weighted by Crippen LogP contribution is 2.27. The zero-order valence-corrected chi connectivity index (χ0v) is 19.0. The Morgan fingerprint density at radius 3 is 2.82 bits per heavy atom. The van der Waals surface area contributed by atoms with Crippen LogP contribution in [0.3, 0.4) is 0 Å². The van der Waals surface area contributed by atoms with Crippen molar-refractivity contribution in [2.24, 2.45) is 7.05 Å². The van der Waals surface area contributed by atoms with Crippen molar-refractivity contribution in [3.63, 3.8) is 0 Å². The predicted octanol–water partition coefficient (Wildman–Crippen LogP) is 2.83. The second kappa shape index (κ2) is 8.03. The first kappa shape index (κ1) is 21.7. The van der Waals surface area contributed by atoms with Crippen molar-refractivity contribution < 1.29 is 17.6 Å². The van der Waals surface area contributed by atoms with Crippen molar-refractivity contribution >= 4 is 32.2 Å². The van der Waals surface area contributed by atoms with E-state index in [0.717, 1.165) is 0 Å². The summed E-state index contributed by atoms with van der Waals surface area (Å²) in [5.41, 5.74) is 1.99. The first-order valence-corrected chi connectivity index (χ1v) is 11.8. The predicted molar refractivity (Wildman–Crippen MR) is 121 cm³/mol. The number of rotatable bonds is 5. The van der Waals surface area contributed by atoms with Gasteiger partial charge in [-0.2, -0.15) is 0 Å². The molecule has 4 aromatic heterocycles. The molecule has 0 spiro atoms. The summed E-state index contributed by atoms with van der Waals surface area (Å²) >= 11 is 0. The lowest BCUT2D eigenvalue weighted by Gasteiger charge is -2.10. The van der Waals surface area contributed by atoms with Crippen LogP contribution in [0, 0.1) is 12.7 Å². The maximum Gasteiger partial charge on any atom is 0.268 e. The van der Waals surface area contributed by atoms with Gasteiger partial charge in [-0.1, -0.05) is 11.3 Å². The van der Waals surface area contributed by atoms with Crippen LogP contribution < -0.4 is 5.32 Å². The van der Waals surface area contributed by atoms with Crippen LogP contribution >= 0.6 is 0 Å². The maximum absolute atomic E-state index is 14.5. The van der Waals surface area contributed by atoms with Crippen LogP contribution in [-0.2, 0) is 23.4 Å². The molecule has 0 aliphatic rings. The highest BCUT2D eigenvalue weighted by Gasteiger charge is 2.26. The van der Waals surface area contributed by atoms with Gasteiger partial charge in [0, 0.05) is 42.6 Å². The summed E-state index contributed by atoms with van der Waals surface area (Å²) in [7, 11) is -2.31. The number of carbonyl (C=O) groups excluding carboxylic acids is 1. The molecule has 172 valence electrons. The highest BCUT2D eigenvalue weighted by molar-refractivity contribution is 7.91. The van der Waals surface area contributed by atoms with Gasteiger partial charge in [0.25, 0.3) is 5.91 Å². The fourth-order valence-electron chi connectivity index (χ4n) is 3.89. The Bertz CT molecular complexity index is 1690. The molecule has 1 aromatic carbocycles. The molecule has 0 aliphatic carbocycles. The SMILES string of the molecule is Cc1c(S(=O)(=O)c2ccn3nncc3c2)cc(C(=O)NCc2c(F)ccc3ncccc23)n1C. The smallest absolute Gasteiger partial charge is 0.268 e. The normalized spacial score (nSPS) is 11.9. The molecule has 34 heavy (non-hydrogen) atoms. The van der Waals surface area contributed by atoms with Gasteiger partial charge in [0.2, 0.25) is 9.84 Å². The average molecular weight is 479 g/mol. The lowest BCUT2D eigenvalue weighted by molar-refractivity contribution is 0.0942. The van der Waals surface area contributed by atoms with E-state index in [1.54, 1.807) is 38.4 Å². The summed E-state index contributed by atoms with van der Waals surface area (Å²) in [5, 5.41) is 10.9. The van der Waals surface area contributed by atoms with Crippen LogP contribution in [-0.4, -0.2) is 38.7 Å². The van der Waals surface area contributed by atoms with Gasteiger partial charge in [-0.25, -0.2) is 17.3 Å². The van der Waals surface area contributed by atoms with Crippen LogP contribution in [0.4, 0.5) is 4.39 Å². The molecule has 9 nitrogen and oxygen atoms in total. The van der Waals surface area contributed by atoms with Gasteiger partial charge >= 0.3 is 0 Å². The standard InChI is InChI=1S/C23H19FN6O3S/c1-14-22(34(32,33)16-7-9-30-15(10-16)12-27-28-30)11-21(29(14)2)23(31)26-13-18-17-4-3-8-25-20(17)6-5-19(18)24/h3-12H,13H2,1-2H3,(H,26,31). The summed E-state index contributed by atoms with van der Waals surface area (Å²) in [6, 6.07) is 10.5. The van der Waals surface area contributed by atoms with E-state index < -0.39 is 21.6 Å². The Morgan fingerprint density at radius 2 is 2.00 bits per heavy atom. The summed E-state index contributed by atoms with van der Waals surface area (Å²) in [6.07, 6.45) is 4.57. The minimum atomic E-state index is -3.91. The summed E-state index contributed by atoms with van der Waals surface area (Å²) in [5.74, 6) is -0.986. The summed E-state index contributed by atoms with van der Waals surface area (Å²) in [6.45, 7) is 1.55. The molecule has 0 fully saturated rings. The van der Waals surface area contributed by atoms with Crippen LogP contribution in [0.15, 0.2) is 70.8 Å². The average Bonchev–Trinajstić information content (AvgIpc) is 3.42. The minimum Gasteiger partial charge on any atom is -0.347 e. The van der Waals surface area contributed by atoms with Crippen LogP contribution in [0.1, 0.15) is 21.7 Å². The van der Waals surface area contributed by atoms with Gasteiger partial charge in [0.15, 0.2) is 0 Å². The molecule has 0 atom stereocenters. The van der Waals surface area contributed by atoms with Crippen molar-refractivity contribution in [1.29, 1.82) is 0 Å². The molecule has 1 N–H and O–H groups in total. The molecule has 1 amide bonds. The number of amides is 1. The molecule has 5 rings (SSSR count). The molecular formula is C23H19FN6O3S. The molecule has 0 saturated carbocycles. The van der Waals surface area contributed by atoms with E-state index in [1.807, 2.05) is 0 Å². The van der Waals surface area contributed by atoms with Crippen molar-refractivity contribution in [3.05, 3.63) is 83.8 Å². The number of sulfone groups is 1. The number of benzene rings is 1.